The average Bonchev–Trinajstić information content (AvgIpc) is 2.68. The molecule has 0 N–H and O–H groups in total. The number of ether oxygens (including phenoxy) is 2. The van der Waals surface area contributed by atoms with Crippen LogP contribution in [0.1, 0.15) is 6.92 Å². The molecule has 1 heterocycles. The van der Waals surface area contributed by atoms with Crippen LogP contribution in [0.25, 0.3) is 0 Å². The van der Waals surface area contributed by atoms with Crippen molar-refractivity contribution in [2.45, 2.75) is 13.3 Å². The third kappa shape index (κ3) is 1.89. The molecule has 0 aromatic heterocycles. The Morgan fingerprint density at radius 3 is 2.93 bits per heavy atom. The highest BCUT2D eigenvalue weighted by Crippen LogP contribution is 2.21. The van der Waals surface area contributed by atoms with Crippen molar-refractivity contribution in [1.82, 2.24) is 0 Å². The molecule has 0 spiro atoms. The molecule has 0 amide bonds. The Labute approximate surface area is 84.2 Å². The topological polar surface area (TPSA) is 21.7 Å². The Hall–Kier alpha value is -1.06. The Bertz CT molecular complexity index is 276. The highest BCUT2D eigenvalue weighted by Gasteiger charge is 2.25. The van der Waals surface area contributed by atoms with Crippen molar-refractivity contribution in [3.63, 3.8) is 0 Å². The number of hydrogen-bond acceptors (Lipinski definition) is 3. The van der Waals surface area contributed by atoms with Crippen molar-refractivity contribution in [1.29, 1.82) is 0 Å². The molecule has 76 valence electrons. The van der Waals surface area contributed by atoms with Crippen LogP contribution >= 0.6 is 0 Å². The van der Waals surface area contributed by atoms with E-state index >= 15 is 0 Å². The maximum Gasteiger partial charge on any atom is 0.240 e. The second-order valence-electron chi connectivity index (χ2n) is 3.16. The van der Waals surface area contributed by atoms with E-state index in [0.29, 0.717) is 6.61 Å². The smallest absolute Gasteiger partial charge is 0.240 e. The van der Waals surface area contributed by atoms with Gasteiger partial charge < -0.3 is 14.4 Å². The molecule has 1 aromatic carbocycles. The third-order valence-electron chi connectivity index (χ3n) is 2.24. The number of hydrogen-bond donors (Lipinski definition) is 0. The summed E-state index contributed by atoms with van der Waals surface area (Å²) < 4.78 is 10.9. The van der Waals surface area contributed by atoms with Gasteiger partial charge in [-0.3, -0.25) is 0 Å². The van der Waals surface area contributed by atoms with E-state index in [2.05, 4.69) is 17.0 Å². The first kappa shape index (κ1) is 9.49. The Morgan fingerprint density at radius 1 is 1.43 bits per heavy atom. The zero-order chi connectivity index (χ0) is 9.80. The molecule has 0 radical (unpaired) electrons. The molecule has 0 aliphatic carbocycles. The van der Waals surface area contributed by atoms with Gasteiger partial charge in [-0.15, -0.1) is 0 Å². The van der Waals surface area contributed by atoms with Gasteiger partial charge in [0.1, 0.15) is 0 Å². The highest BCUT2D eigenvalue weighted by molar-refractivity contribution is 5.46. The van der Waals surface area contributed by atoms with Gasteiger partial charge in [0.15, 0.2) is 0 Å². The molecule has 14 heavy (non-hydrogen) atoms. The van der Waals surface area contributed by atoms with Crippen LogP contribution in [0.3, 0.4) is 0 Å². The molecular formula is C11H15NO2. The molecule has 3 heteroatoms. The van der Waals surface area contributed by atoms with Gasteiger partial charge in [-0.25, -0.2) is 0 Å². The highest BCUT2D eigenvalue weighted by atomic mass is 16.7. The van der Waals surface area contributed by atoms with E-state index in [1.165, 1.54) is 0 Å². The lowest BCUT2D eigenvalue weighted by Crippen LogP contribution is -2.32. The van der Waals surface area contributed by atoms with Crippen LogP contribution in [0.4, 0.5) is 5.69 Å². The largest absolute Gasteiger partial charge is 0.335 e. The fourth-order valence-corrected chi connectivity index (χ4v) is 1.60. The second-order valence-corrected chi connectivity index (χ2v) is 3.16. The monoisotopic (exact) mass is 193 g/mol. The van der Waals surface area contributed by atoms with E-state index in [-0.39, 0.29) is 6.41 Å². The summed E-state index contributed by atoms with van der Waals surface area (Å²) in [7, 11) is 0. The predicted octanol–water partition coefficient (Wildman–Crippen LogP) is 1.84. The molecule has 1 atom stereocenters. The number of rotatable bonds is 3. The molecule has 1 saturated heterocycles. The summed E-state index contributed by atoms with van der Waals surface area (Å²) in [6, 6.07) is 10.2. The summed E-state index contributed by atoms with van der Waals surface area (Å²) in [4.78, 5) is 2.13. The Balaban J connectivity index is 2.10. The zero-order valence-electron chi connectivity index (χ0n) is 8.35. The maximum absolute atomic E-state index is 5.47. The van der Waals surface area contributed by atoms with Crippen LogP contribution < -0.4 is 4.90 Å². The average molecular weight is 193 g/mol. The van der Waals surface area contributed by atoms with Gasteiger partial charge in [-0.1, -0.05) is 18.2 Å². The van der Waals surface area contributed by atoms with Crippen molar-refractivity contribution < 1.29 is 9.47 Å². The van der Waals surface area contributed by atoms with Gasteiger partial charge in [-0.05, 0) is 19.1 Å². The summed E-state index contributed by atoms with van der Waals surface area (Å²) in [5, 5.41) is 0. The second kappa shape index (κ2) is 4.44. The lowest BCUT2D eigenvalue weighted by atomic mass is 10.3. The van der Waals surface area contributed by atoms with Gasteiger partial charge in [0.2, 0.25) is 6.41 Å². The summed E-state index contributed by atoms with van der Waals surface area (Å²) in [6.45, 7) is 4.28. The lowest BCUT2D eigenvalue weighted by molar-refractivity contribution is -0.105. The number of para-hydroxylation sites is 1. The van der Waals surface area contributed by atoms with Gasteiger partial charge in [-0.2, -0.15) is 0 Å². The first-order valence-electron chi connectivity index (χ1n) is 4.96. The summed E-state index contributed by atoms with van der Waals surface area (Å²) in [5.41, 5.74) is 1.16. The molecule has 1 unspecified atom stereocenters. The quantitative estimate of drug-likeness (QED) is 0.731. The minimum absolute atomic E-state index is 0.206. The molecule has 0 bridgehead atoms. The van der Waals surface area contributed by atoms with Crippen LogP contribution in [0.15, 0.2) is 30.3 Å². The fourth-order valence-electron chi connectivity index (χ4n) is 1.60. The van der Waals surface area contributed by atoms with E-state index in [9.17, 15) is 0 Å². The minimum Gasteiger partial charge on any atom is -0.335 e. The normalized spacial score (nSPS) is 21.5. The van der Waals surface area contributed by atoms with Crippen molar-refractivity contribution in [2.75, 3.05) is 24.7 Å². The fraction of sp³-hybridized carbons (Fsp3) is 0.455. The van der Waals surface area contributed by atoms with Gasteiger partial charge in [0, 0.05) is 18.8 Å². The standard InChI is InChI=1S/C11H15NO2/c1-2-13-11-12(8-9-14-11)10-6-4-3-5-7-10/h3-7,11H,2,8-9H2,1H3. The first-order chi connectivity index (χ1) is 6.92. The van der Waals surface area contributed by atoms with Crippen LogP contribution in [-0.2, 0) is 9.47 Å². The zero-order valence-corrected chi connectivity index (χ0v) is 8.35. The van der Waals surface area contributed by atoms with E-state index in [1.54, 1.807) is 0 Å². The van der Waals surface area contributed by atoms with E-state index in [1.807, 2.05) is 25.1 Å². The van der Waals surface area contributed by atoms with Gasteiger partial charge in [0.25, 0.3) is 0 Å². The van der Waals surface area contributed by atoms with Crippen molar-refractivity contribution >= 4 is 5.69 Å². The summed E-state index contributed by atoms with van der Waals surface area (Å²) in [6.07, 6.45) is -0.206. The molecular weight excluding hydrogens is 178 g/mol. The molecule has 1 aliphatic heterocycles. The van der Waals surface area contributed by atoms with Gasteiger partial charge in [0.05, 0.1) is 6.61 Å². The Morgan fingerprint density at radius 2 is 2.21 bits per heavy atom. The summed E-state index contributed by atoms with van der Waals surface area (Å²) in [5.74, 6) is 0. The minimum atomic E-state index is -0.206. The predicted molar refractivity (Wildman–Crippen MR) is 55.2 cm³/mol. The number of nitrogens with zero attached hydrogens (tertiary/aromatic N) is 1. The molecule has 2 rings (SSSR count). The Kier molecular flexibility index (Phi) is 3.01. The van der Waals surface area contributed by atoms with Gasteiger partial charge >= 0.3 is 0 Å². The van der Waals surface area contributed by atoms with Crippen LogP contribution in [0, 0.1) is 0 Å². The van der Waals surface area contributed by atoms with E-state index in [0.717, 1.165) is 18.8 Å². The third-order valence-corrected chi connectivity index (χ3v) is 2.24. The van der Waals surface area contributed by atoms with Crippen LogP contribution in [0.2, 0.25) is 0 Å². The summed E-state index contributed by atoms with van der Waals surface area (Å²) >= 11 is 0. The molecule has 1 fully saturated rings. The van der Waals surface area contributed by atoms with Crippen LogP contribution in [-0.4, -0.2) is 26.2 Å². The SMILES string of the molecule is CCOC1OCCN1c1ccccc1. The number of benzene rings is 1. The van der Waals surface area contributed by atoms with Crippen LogP contribution in [0.5, 0.6) is 0 Å². The molecule has 0 saturated carbocycles. The molecule has 3 nitrogen and oxygen atoms in total. The lowest BCUT2D eigenvalue weighted by Gasteiger charge is -2.24. The maximum atomic E-state index is 5.47. The number of anilines is 1. The van der Waals surface area contributed by atoms with Crippen molar-refractivity contribution in [3.8, 4) is 0 Å². The van der Waals surface area contributed by atoms with E-state index in [4.69, 9.17) is 9.47 Å². The van der Waals surface area contributed by atoms with E-state index < -0.39 is 0 Å². The van der Waals surface area contributed by atoms with Crippen molar-refractivity contribution in [3.05, 3.63) is 30.3 Å². The first-order valence-corrected chi connectivity index (χ1v) is 4.96. The van der Waals surface area contributed by atoms with Crippen molar-refractivity contribution in [2.24, 2.45) is 0 Å². The molecule has 1 aliphatic rings. The molecule has 1 aromatic rings.